The molecule has 0 unspecified atom stereocenters. The summed E-state index contributed by atoms with van der Waals surface area (Å²) >= 11 is 0. The third kappa shape index (κ3) is 2.67. The molecule has 1 amide bonds. The fourth-order valence-corrected chi connectivity index (χ4v) is 0.876. The second-order valence-corrected chi connectivity index (χ2v) is 2.60. The molecule has 0 bridgehead atoms. The lowest BCUT2D eigenvalue weighted by Gasteiger charge is -2.02. The van der Waals surface area contributed by atoms with Gasteiger partial charge in [0, 0.05) is 20.1 Å². The maximum Gasteiger partial charge on any atom is 0.271 e. The highest BCUT2D eigenvalue weighted by molar-refractivity contribution is 5.91. The van der Waals surface area contributed by atoms with Gasteiger partial charge in [-0.05, 0) is 12.1 Å². The van der Waals surface area contributed by atoms with Crippen molar-refractivity contribution in [2.24, 2.45) is 5.73 Å². The lowest BCUT2D eigenvalue weighted by atomic mass is 10.3. The highest BCUT2D eigenvalue weighted by Crippen LogP contribution is 2.00. The number of carbonyl (C=O) groups excluding carboxylic acids is 1. The molecule has 76 valence electrons. The lowest BCUT2D eigenvalue weighted by Crippen LogP contribution is -2.20. The summed E-state index contributed by atoms with van der Waals surface area (Å²) in [6.45, 7) is 1.16. The molecule has 0 fully saturated rings. The van der Waals surface area contributed by atoms with Crippen LogP contribution in [0.4, 0.5) is 5.82 Å². The maximum absolute atomic E-state index is 11.1. The van der Waals surface area contributed by atoms with Gasteiger partial charge < -0.3 is 16.4 Å². The summed E-state index contributed by atoms with van der Waals surface area (Å²) in [6.07, 6.45) is 0. The monoisotopic (exact) mass is 195 g/mol. The van der Waals surface area contributed by atoms with Gasteiger partial charge in [-0.15, -0.1) is 10.2 Å². The molecule has 1 aromatic heterocycles. The Kier molecular flexibility index (Phi) is 3.81. The average molecular weight is 195 g/mol. The van der Waals surface area contributed by atoms with Crippen molar-refractivity contribution in [2.45, 2.75) is 0 Å². The van der Waals surface area contributed by atoms with Gasteiger partial charge >= 0.3 is 0 Å². The first kappa shape index (κ1) is 10.4. The number of nitrogens with one attached hydrogen (secondary N) is 2. The Balaban J connectivity index is 2.63. The van der Waals surface area contributed by atoms with E-state index in [0.717, 1.165) is 0 Å². The van der Waals surface area contributed by atoms with Gasteiger partial charge in [0.2, 0.25) is 0 Å². The van der Waals surface area contributed by atoms with E-state index in [9.17, 15) is 4.79 Å². The Labute approximate surface area is 81.9 Å². The van der Waals surface area contributed by atoms with Crippen LogP contribution in [0.1, 0.15) is 10.5 Å². The molecule has 0 radical (unpaired) electrons. The van der Waals surface area contributed by atoms with Crippen molar-refractivity contribution in [1.29, 1.82) is 0 Å². The molecule has 4 N–H and O–H groups in total. The Morgan fingerprint density at radius 2 is 2.29 bits per heavy atom. The Morgan fingerprint density at radius 1 is 1.50 bits per heavy atom. The lowest BCUT2D eigenvalue weighted by molar-refractivity contribution is 0.0957. The fraction of sp³-hybridized carbons (Fsp3) is 0.375. The number of rotatable bonds is 4. The van der Waals surface area contributed by atoms with E-state index in [-0.39, 0.29) is 5.91 Å². The molecule has 1 rings (SSSR count). The molecule has 0 saturated carbocycles. The van der Waals surface area contributed by atoms with Crippen LogP contribution in [0, 0.1) is 0 Å². The summed E-state index contributed by atoms with van der Waals surface area (Å²) < 4.78 is 0. The summed E-state index contributed by atoms with van der Waals surface area (Å²) in [4.78, 5) is 11.1. The summed E-state index contributed by atoms with van der Waals surface area (Å²) in [5.74, 6) is 0.367. The Hall–Kier alpha value is -1.69. The number of amides is 1. The molecule has 1 aromatic rings. The second-order valence-electron chi connectivity index (χ2n) is 2.60. The van der Waals surface area contributed by atoms with E-state index in [2.05, 4.69) is 20.8 Å². The summed E-state index contributed by atoms with van der Waals surface area (Å²) in [6, 6.07) is 3.29. The van der Waals surface area contributed by atoms with E-state index in [0.29, 0.717) is 24.6 Å². The standard InChI is InChI=1S/C8H13N5O/c1-10-8(14)6-2-3-7(13-12-6)11-5-4-9/h2-3H,4-5,9H2,1H3,(H,10,14)(H,11,13). The number of anilines is 1. The van der Waals surface area contributed by atoms with Crippen molar-refractivity contribution in [3.63, 3.8) is 0 Å². The molecule has 14 heavy (non-hydrogen) atoms. The summed E-state index contributed by atoms with van der Waals surface area (Å²) in [5, 5.41) is 13.0. The number of nitrogens with two attached hydrogens (primary N) is 1. The summed E-state index contributed by atoms with van der Waals surface area (Å²) in [7, 11) is 1.55. The van der Waals surface area contributed by atoms with Crippen LogP contribution in [0.25, 0.3) is 0 Å². The second kappa shape index (κ2) is 5.13. The molecular formula is C8H13N5O. The predicted octanol–water partition coefficient (Wildman–Crippen LogP) is -0.793. The molecular weight excluding hydrogens is 182 g/mol. The number of nitrogens with zero attached hydrogens (tertiary/aromatic N) is 2. The summed E-state index contributed by atoms with van der Waals surface area (Å²) in [5.41, 5.74) is 5.60. The third-order valence-corrected chi connectivity index (χ3v) is 1.57. The van der Waals surface area contributed by atoms with Crippen LogP contribution in [-0.2, 0) is 0 Å². The van der Waals surface area contributed by atoms with Crippen LogP contribution in [0.5, 0.6) is 0 Å². The molecule has 0 aliphatic carbocycles. The minimum Gasteiger partial charge on any atom is -0.367 e. The first-order chi connectivity index (χ1) is 6.77. The number of hydrogen-bond donors (Lipinski definition) is 3. The number of hydrogen-bond acceptors (Lipinski definition) is 5. The number of aromatic nitrogens is 2. The minimum atomic E-state index is -0.247. The zero-order valence-corrected chi connectivity index (χ0v) is 7.95. The first-order valence-electron chi connectivity index (χ1n) is 4.27. The normalized spacial score (nSPS) is 9.57. The molecule has 0 atom stereocenters. The van der Waals surface area contributed by atoms with Gasteiger partial charge in [-0.2, -0.15) is 0 Å². The van der Waals surface area contributed by atoms with Gasteiger partial charge in [0.05, 0.1) is 0 Å². The van der Waals surface area contributed by atoms with Gasteiger partial charge in [-0.1, -0.05) is 0 Å². The van der Waals surface area contributed by atoms with E-state index in [1.54, 1.807) is 19.2 Å². The van der Waals surface area contributed by atoms with Crippen molar-refractivity contribution in [1.82, 2.24) is 15.5 Å². The van der Waals surface area contributed by atoms with Crippen LogP contribution >= 0.6 is 0 Å². The maximum atomic E-state index is 11.1. The Morgan fingerprint density at radius 3 is 2.79 bits per heavy atom. The van der Waals surface area contributed by atoms with Gasteiger partial charge in [0.15, 0.2) is 5.69 Å². The molecule has 6 heteroatoms. The van der Waals surface area contributed by atoms with E-state index in [1.165, 1.54) is 0 Å². The van der Waals surface area contributed by atoms with E-state index < -0.39 is 0 Å². The van der Waals surface area contributed by atoms with Gasteiger partial charge in [-0.25, -0.2) is 0 Å². The van der Waals surface area contributed by atoms with E-state index >= 15 is 0 Å². The smallest absolute Gasteiger partial charge is 0.271 e. The van der Waals surface area contributed by atoms with E-state index in [4.69, 9.17) is 5.73 Å². The quantitative estimate of drug-likeness (QED) is 0.585. The largest absolute Gasteiger partial charge is 0.367 e. The van der Waals surface area contributed by atoms with Crippen LogP contribution < -0.4 is 16.4 Å². The first-order valence-corrected chi connectivity index (χ1v) is 4.27. The highest BCUT2D eigenvalue weighted by atomic mass is 16.1. The molecule has 0 spiro atoms. The van der Waals surface area contributed by atoms with Gasteiger partial charge in [0.1, 0.15) is 5.82 Å². The molecule has 0 saturated heterocycles. The van der Waals surface area contributed by atoms with Crippen molar-refractivity contribution in [3.05, 3.63) is 17.8 Å². The van der Waals surface area contributed by atoms with Crippen molar-refractivity contribution in [2.75, 3.05) is 25.5 Å². The number of carbonyl (C=O) groups is 1. The van der Waals surface area contributed by atoms with Crippen LogP contribution in [0.2, 0.25) is 0 Å². The zero-order valence-electron chi connectivity index (χ0n) is 7.95. The van der Waals surface area contributed by atoms with Crippen molar-refractivity contribution < 1.29 is 4.79 Å². The third-order valence-electron chi connectivity index (χ3n) is 1.57. The minimum absolute atomic E-state index is 0.247. The van der Waals surface area contributed by atoms with Gasteiger partial charge in [-0.3, -0.25) is 4.79 Å². The molecule has 1 heterocycles. The van der Waals surface area contributed by atoms with Crippen LogP contribution in [-0.4, -0.2) is 36.2 Å². The van der Waals surface area contributed by atoms with Crippen LogP contribution in [0.3, 0.4) is 0 Å². The highest BCUT2D eigenvalue weighted by Gasteiger charge is 2.04. The van der Waals surface area contributed by atoms with E-state index in [1.807, 2.05) is 0 Å². The fourth-order valence-electron chi connectivity index (χ4n) is 0.876. The zero-order chi connectivity index (χ0) is 10.4. The van der Waals surface area contributed by atoms with Gasteiger partial charge in [0.25, 0.3) is 5.91 Å². The average Bonchev–Trinajstić information content (AvgIpc) is 2.26. The molecule has 0 aliphatic rings. The SMILES string of the molecule is CNC(=O)c1ccc(NCCN)nn1. The molecule has 0 aromatic carbocycles. The topological polar surface area (TPSA) is 92.9 Å². The van der Waals surface area contributed by atoms with Crippen LogP contribution in [0.15, 0.2) is 12.1 Å². The Bertz CT molecular complexity index is 297. The molecule has 0 aliphatic heterocycles. The predicted molar refractivity (Wildman–Crippen MR) is 53.0 cm³/mol. The van der Waals surface area contributed by atoms with Crippen molar-refractivity contribution >= 4 is 11.7 Å². The van der Waals surface area contributed by atoms with Crippen molar-refractivity contribution in [3.8, 4) is 0 Å². The molecule has 6 nitrogen and oxygen atoms in total.